The van der Waals surface area contributed by atoms with Crippen LogP contribution >= 0.6 is 15.9 Å². The highest BCUT2D eigenvalue weighted by Crippen LogP contribution is 2.26. The summed E-state index contributed by atoms with van der Waals surface area (Å²) in [5.74, 6) is 0.359. The molecule has 0 aliphatic rings. The molecule has 0 radical (unpaired) electrons. The average molecular weight is 248 g/mol. The van der Waals surface area contributed by atoms with Crippen LogP contribution in [0.2, 0.25) is 0 Å². The normalized spacial score (nSPS) is 10.0. The van der Waals surface area contributed by atoms with E-state index in [9.17, 15) is 5.11 Å². The molecule has 1 N–H and O–H groups in total. The molecule has 0 amide bonds. The van der Waals surface area contributed by atoms with Gasteiger partial charge in [-0.1, -0.05) is 0 Å². The van der Waals surface area contributed by atoms with E-state index in [1.807, 2.05) is 6.92 Å². The standard InChI is InChI=1S/C8H10BrNO3/c1-2-12-5-13-7-4-10-8(9)3-6(7)11/h3-4H,2,5H2,1H3,(H,10,11). The minimum absolute atomic E-state index is 0.0431. The van der Waals surface area contributed by atoms with Gasteiger partial charge in [-0.15, -0.1) is 0 Å². The van der Waals surface area contributed by atoms with Crippen molar-refractivity contribution in [2.45, 2.75) is 6.92 Å². The van der Waals surface area contributed by atoms with E-state index in [-0.39, 0.29) is 12.5 Å². The lowest BCUT2D eigenvalue weighted by atomic mass is 10.4. The third-order valence-corrected chi connectivity index (χ3v) is 1.75. The number of aromatic hydroxyl groups is 1. The molecule has 0 unspecified atom stereocenters. The number of pyridine rings is 1. The van der Waals surface area contributed by atoms with Gasteiger partial charge < -0.3 is 14.6 Å². The minimum atomic E-state index is 0.0431. The van der Waals surface area contributed by atoms with Crippen LogP contribution in [-0.4, -0.2) is 23.5 Å². The fourth-order valence-electron chi connectivity index (χ4n) is 0.707. The van der Waals surface area contributed by atoms with Gasteiger partial charge in [0.15, 0.2) is 18.3 Å². The Morgan fingerprint density at radius 1 is 1.62 bits per heavy atom. The van der Waals surface area contributed by atoms with Gasteiger partial charge >= 0.3 is 0 Å². The van der Waals surface area contributed by atoms with Crippen molar-refractivity contribution < 1.29 is 14.6 Å². The Morgan fingerprint density at radius 3 is 3.00 bits per heavy atom. The fourth-order valence-corrected chi connectivity index (χ4v) is 1.03. The van der Waals surface area contributed by atoms with Crippen molar-refractivity contribution in [1.29, 1.82) is 0 Å². The van der Waals surface area contributed by atoms with E-state index >= 15 is 0 Å². The van der Waals surface area contributed by atoms with Crippen molar-refractivity contribution in [3.8, 4) is 11.5 Å². The summed E-state index contributed by atoms with van der Waals surface area (Å²) in [5.41, 5.74) is 0. The van der Waals surface area contributed by atoms with Gasteiger partial charge in [0.2, 0.25) is 0 Å². The minimum Gasteiger partial charge on any atom is -0.504 e. The maximum Gasteiger partial charge on any atom is 0.189 e. The van der Waals surface area contributed by atoms with Crippen LogP contribution in [0, 0.1) is 0 Å². The molecule has 1 aromatic heterocycles. The van der Waals surface area contributed by atoms with Crippen LogP contribution in [0.4, 0.5) is 0 Å². The zero-order chi connectivity index (χ0) is 9.68. The summed E-state index contributed by atoms with van der Waals surface area (Å²) in [6.07, 6.45) is 1.43. The number of nitrogens with zero attached hydrogens (tertiary/aromatic N) is 1. The molecule has 0 aliphatic carbocycles. The quantitative estimate of drug-likeness (QED) is 0.502. The summed E-state index contributed by atoms with van der Waals surface area (Å²) in [6, 6.07) is 1.46. The van der Waals surface area contributed by atoms with Crippen LogP contribution < -0.4 is 4.74 Å². The first-order valence-electron chi connectivity index (χ1n) is 3.79. The molecule has 0 spiro atoms. The molecule has 0 aromatic carbocycles. The van der Waals surface area contributed by atoms with Crippen molar-refractivity contribution in [1.82, 2.24) is 4.98 Å². The summed E-state index contributed by atoms with van der Waals surface area (Å²) in [5, 5.41) is 9.34. The highest BCUT2D eigenvalue weighted by atomic mass is 79.9. The van der Waals surface area contributed by atoms with Crippen LogP contribution in [-0.2, 0) is 4.74 Å². The van der Waals surface area contributed by atoms with Crippen LogP contribution in [0.5, 0.6) is 11.5 Å². The smallest absolute Gasteiger partial charge is 0.189 e. The van der Waals surface area contributed by atoms with Crippen molar-refractivity contribution in [2.24, 2.45) is 0 Å². The summed E-state index contributed by atoms with van der Waals surface area (Å²) in [4.78, 5) is 3.89. The Balaban J connectivity index is 2.56. The zero-order valence-corrected chi connectivity index (χ0v) is 8.74. The maximum absolute atomic E-state index is 9.34. The Hall–Kier alpha value is -0.810. The van der Waals surface area contributed by atoms with Crippen molar-refractivity contribution >= 4 is 15.9 Å². The number of halogens is 1. The van der Waals surface area contributed by atoms with Gasteiger partial charge in [-0.2, -0.15) is 0 Å². The van der Waals surface area contributed by atoms with Crippen molar-refractivity contribution in [2.75, 3.05) is 13.4 Å². The van der Waals surface area contributed by atoms with Gasteiger partial charge in [-0.3, -0.25) is 0 Å². The van der Waals surface area contributed by atoms with E-state index < -0.39 is 0 Å². The van der Waals surface area contributed by atoms with Crippen LogP contribution in [0.3, 0.4) is 0 Å². The van der Waals surface area contributed by atoms with Gasteiger partial charge in [0.25, 0.3) is 0 Å². The molecule has 1 heterocycles. The van der Waals surface area contributed by atoms with E-state index in [0.29, 0.717) is 17.0 Å². The van der Waals surface area contributed by atoms with Crippen LogP contribution in [0.25, 0.3) is 0 Å². The molecule has 0 aliphatic heterocycles. The lowest BCUT2D eigenvalue weighted by Gasteiger charge is -2.06. The third-order valence-electron chi connectivity index (χ3n) is 1.32. The number of rotatable bonds is 4. The molecular weight excluding hydrogens is 238 g/mol. The van der Waals surface area contributed by atoms with E-state index in [1.165, 1.54) is 12.3 Å². The second-order valence-corrected chi connectivity index (χ2v) is 3.04. The topological polar surface area (TPSA) is 51.6 Å². The number of aromatic nitrogens is 1. The predicted octanol–water partition coefficient (Wildman–Crippen LogP) is 1.92. The SMILES string of the molecule is CCOCOc1cnc(Br)cc1O. The van der Waals surface area contributed by atoms with Crippen molar-refractivity contribution in [3.05, 3.63) is 16.9 Å². The molecule has 4 nitrogen and oxygen atoms in total. The molecule has 1 rings (SSSR count). The first-order chi connectivity index (χ1) is 6.24. The fraction of sp³-hybridized carbons (Fsp3) is 0.375. The molecular formula is C8H10BrNO3. The lowest BCUT2D eigenvalue weighted by molar-refractivity contribution is 0.0206. The highest BCUT2D eigenvalue weighted by molar-refractivity contribution is 9.10. The third kappa shape index (κ3) is 3.20. The second kappa shape index (κ2) is 5.04. The van der Waals surface area contributed by atoms with Gasteiger partial charge in [0.05, 0.1) is 6.20 Å². The molecule has 13 heavy (non-hydrogen) atoms. The summed E-state index contributed by atoms with van der Waals surface area (Å²) in [6.45, 7) is 2.56. The van der Waals surface area contributed by atoms with Gasteiger partial charge in [0, 0.05) is 12.7 Å². The van der Waals surface area contributed by atoms with E-state index in [1.54, 1.807) is 0 Å². The highest BCUT2D eigenvalue weighted by Gasteiger charge is 2.02. The maximum atomic E-state index is 9.34. The molecule has 1 aromatic rings. The Kier molecular flexibility index (Phi) is 3.98. The molecule has 0 saturated carbocycles. The Labute approximate surface area is 84.6 Å². The molecule has 0 saturated heterocycles. The molecule has 0 fully saturated rings. The number of hydrogen-bond donors (Lipinski definition) is 1. The predicted molar refractivity (Wildman–Crippen MR) is 50.7 cm³/mol. The Bertz CT molecular complexity index is 280. The summed E-state index contributed by atoms with van der Waals surface area (Å²) < 4.78 is 10.6. The second-order valence-electron chi connectivity index (χ2n) is 2.23. The van der Waals surface area contributed by atoms with E-state index in [4.69, 9.17) is 9.47 Å². The molecule has 5 heteroatoms. The summed E-state index contributed by atoms with van der Waals surface area (Å²) in [7, 11) is 0. The zero-order valence-electron chi connectivity index (χ0n) is 7.16. The molecule has 0 bridgehead atoms. The average Bonchev–Trinajstić information content (AvgIpc) is 2.09. The molecule has 72 valence electrons. The van der Waals surface area contributed by atoms with Gasteiger partial charge in [-0.25, -0.2) is 4.98 Å². The van der Waals surface area contributed by atoms with Crippen LogP contribution in [0.15, 0.2) is 16.9 Å². The van der Waals surface area contributed by atoms with Gasteiger partial charge in [0.1, 0.15) is 4.60 Å². The first-order valence-corrected chi connectivity index (χ1v) is 4.58. The van der Waals surface area contributed by atoms with E-state index in [2.05, 4.69) is 20.9 Å². The largest absolute Gasteiger partial charge is 0.504 e. The van der Waals surface area contributed by atoms with Crippen LogP contribution in [0.1, 0.15) is 6.92 Å². The van der Waals surface area contributed by atoms with Crippen molar-refractivity contribution in [3.63, 3.8) is 0 Å². The number of hydrogen-bond acceptors (Lipinski definition) is 4. The Morgan fingerprint density at radius 2 is 2.38 bits per heavy atom. The number of ether oxygens (including phenoxy) is 2. The molecule has 0 atom stereocenters. The summed E-state index contributed by atoms with van der Waals surface area (Å²) >= 11 is 3.12. The lowest BCUT2D eigenvalue weighted by Crippen LogP contribution is -2.02. The monoisotopic (exact) mass is 247 g/mol. The van der Waals surface area contributed by atoms with Gasteiger partial charge in [-0.05, 0) is 22.9 Å². The van der Waals surface area contributed by atoms with E-state index in [0.717, 1.165) is 0 Å². The first kappa shape index (κ1) is 10.3.